The van der Waals surface area contributed by atoms with Crippen LogP contribution in [-0.4, -0.2) is 17.3 Å². The number of aromatic nitrogens is 1. The molecule has 0 bridgehead atoms. The zero-order chi connectivity index (χ0) is 9.68. The van der Waals surface area contributed by atoms with Crippen LogP contribution in [0.25, 0.3) is 0 Å². The van der Waals surface area contributed by atoms with Crippen molar-refractivity contribution in [2.45, 2.75) is 5.75 Å². The summed E-state index contributed by atoms with van der Waals surface area (Å²) in [6, 6.07) is 5.52. The minimum absolute atomic E-state index is 0.101. The minimum atomic E-state index is 0.101. The Balaban J connectivity index is 2.61. The molecule has 1 aromatic rings. The molecule has 0 aliphatic heterocycles. The van der Waals surface area contributed by atoms with E-state index in [0.29, 0.717) is 11.6 Å². The van der Waals surface area contributed by atoms with Gasteiger partial charge in [0.25, 0.3) is 0 Å². The van der Waals surface area contributed by atoms with Gasteiger partial charge in [0.2, 0.25) is 5.88 Å². The first kappa shape index (κ1) is 9.85. The van der Waals surface area contributed by atoms with Gasteiger partial charge in [-0.2, -0.15) is 0 Å². The van der Waals surface area contributed by atoms with Gasteiger partial charge in [-0.3, -0.25) is 5.41 Å². The van der Waals surface area contributed by atoms with E-state index in [1.807, 2.05) is 12.1 Å². The summed E-state index contributed by atoms with van der Waals surface area (Å²) in [4.78, 5) is 4.17. The fraction of sp³-hybridized carbons (Fsp3) is 0.250. The molecule has 0 saturated heterocycles. The highest BCUT2D eigenvalue weighted by Gasteiger charge is 1.98. The molecule has 0 aliphatic carbocycles. The number of hydrogen-bond acceptors (Lipinski definition) is 4. The van der Waals surface area contributed by atoms with Crippen molar-refractivity contribution in [3.05, 3.63) is 23.9 Å². The van der Waals surface area contributed by atoms with E-state index in [-0.39, 0.29) is 5.17 Å². The Morgan fingerprint density at radius 2 is 2.46 bits per heavy atom. The first-order valence-electron chi connectivity index (χ1n) is 3.69. The van der Waals surface area contributed by atoms with Crippen LogP contribution >= 0.6 is 11.8 Å². The van der Waals surface area contributed by atoms with Crippen LogP contribution in [-0.2, 0) is 5.75 Å². The van der Waals surface area contributed by atoms with Gasteiger partial charge in [0.1, 0.15) is 0 Å². The first-order valence-corrected chi connectivity index (χ1v) is 4.67. The second kappa shape index (κ2) is 4.71. The molecule has 1 rings (SSSR count). The second-order valence-electron chi connectivity index (χ2n) is 2.32. The SMILES string of the molecule is COc1cccc(CSC(=N)N)n1. The molecule has 70 valence electrons. The number of methoxy groups -OCH3 is 1. The van der Waals surface area contributed by atoms with E-state index in [1.165, 1.54) is 11.8 Å². The lowest BCUT2D eigenvalue weighted by Crippen LogP contribution is -2.04. The highest BCUT2D eigenvalue weighted by Crippen LogP contribution is 2.12. The maximum Gasteiger partial charge on any atom is 0.213 e. The van der Waals surface area contributed by atoms with Gasteiger partial charge in [-0.15, -0.1) is 0 Å². The van der Waals surface area contributed by atoms with Gasteiger partial charge in [-0.25, -0.2) is 4.98 Å². The van der Waals surface area contributed by atoms with Gasteiger partial charge >= 0.3 is 0 Å². The van der Waals surface area contributed by atoms with Crippen molar-refractivity contribution in [2.24, 2.45) is 5.73 Å². The molecule has 0 radical (unpaired) electrons. The van der Waals surface area contributed by atoms with E-state index in [0.717, 1.165) is 5.69 Å². The Bertz CT molecular complexity index is 303. The molecular formula is C8H11N3OS. The van der Waals surface area contributed by atoms with Crippen LogP contribution in [0, 0.1) is 5.41 Å². The van der Waals surface area contributed by atoms with Crippen LogP contribution in [0.2, 0.25) is 0 Å². The van der Waals surface area contributed by atoms with Gasteiger partial charge in [0.05, 0.1) is 12.8 Å². The topological polar surface area (TPSA) is 72.0 Å². The fourth-order valence-corrected chi connectivity index (χ4v) is 1.27. The highest BCUT2D eigenvalue weighted by atomic mass is 32.2. The number of hydrogen-bond donors (Lipinski definition) is 2. The molecule has 5 heteroatoms. The standard InChI is InChI=1S/C8H11N3OS/c1-12-7-4-2-3-6(11-7)5-13-8(9)10/h2-4H,5H2,1H3,(H3,9,10). The van der Waals surface area contributed by atoms with Crippen molar-refractivity contribution in [1.82, 2.24) is 4.98 Å². The quantitative estimate of drug-likeness (QED) is 0.564. The Kier molecular flexibility index (Phi) is 3.57. The maximum atomic E-state index is 7.02. The monoisotopic (exact) mass is 197 g/mol. The van der Waals surface area contributed by atoms with Crippen molar-refractivity contribution in [3.63, 3.8) is 0 Å². The van der Waals surface area contributed by atoms with Gasteiger partial charge in [0.15, 0.2) is 5.17 Å². The number of amidine groups is 1. The second-order valence-corrected chi connectivity index (χ2v) is 3.34. The lowest BCUT2D eigenvalue weighted by Gasteiger charge is -2.01. The molecular weight excluding hydrogens is 186 g/mol. The zero-order valence-corrected chi connectivity index (χ0v) is 8.10. The predicted octanol–water partition coefficient (Wildman–Crippen LogP) is 1.22. The summed E-state index contributed by atoms with van der Waals surface area (Å²) in [5, 5.41) is 7.13. The molecule has 0 amide bonds. The molecule has 4 nitrogen and oxygen atoms in total. The molecule has 0 aliphatic rings. The summed E-state index contributed by atoms with van der Waals surface area (Å²) in [6.45, 7) is 0. The summed E-state index contributed by atoms with van der Waals surface area (Å²) < 4.78 is 4.96. The molecule has 1 heterocycles. The van der Waals surface area contributed by atoms with Crippen LogP contribution in [0.1, 0.15) is 5.69 Å². The molecule has 0 saturated carbocycles. The van der Waals surface area contributed by atoms with Crippen molar-refractivity contribution in [1.29, 1.82) is 5.41 Å². The van der Waals surface area contributed by atoms with Crippen LogP contribution in [0.15, 0.2) is 18.2 Å². The van der Waals surface area contributed by atoms with Crippen molar-refractivity contribution in [3.8, 4) is 5.88 Å². The average molecular weight is 197 g/mol. The van der Waals surface area contributed by atoms with Gasteiger partial charge < -0.3 is 10.5 Å². The molecule has 0 atom stereocenters. The third kappa shape index (κ3) is 3.33. The highest BCUT2D eigenvalue weighted by molar-refractivity contribution is 8.13. The third-order valence-corrected chi connectivity index (χ3v) is 2.12. The van der Waals surface area contributed by atoms with Crippen molar-refractivity contribution in [2.75, 3.05) is 7.11 Å². The molecule has 0 unspecified atom stereocenters. The minimum Gasteiger partial charge on any atom is -0.481 e. The molecule has 0 fully saturated rings. The lowest BCUT2D eigenvalue weighted by atomic mass is 10.4. The van der Waals surface area contributed by atoms with Crippen LogP contribution in [0.5, 0.6) is 5.88 Å². The number of nitrogens with two attached hydrogens (primary N) is 1. The summed E-state index contributed by atoms with van der Waals surface area (Å²) in [7, 11) is 1.57. The Labute approximate surface area is 81.0 Å². The number of ether oxygens (including phenoxy) is 1. The number of nitrogens with one attached hydrogen (secondary N) is 1. The summed E-state index contributed by atoms with van der Waals surface area (Å²) in [5.41, 5.74) is 6.06. The van der Waals surface area contributed by atoms with Crippen molar-refractivity contribution < 1.29 is 4.74 Å². The largest absolute Gasteiger partial charge is 0.481 e. The third-order valence-electron chi connectivity index (χ3n) is 1.37. The maximum absolute atomic E-state index is 7.02. The molecule has 3 N–H and O–H groups in total. The van der Waals surface area contributed by atoms with E-state index >= 15 is 0 Å². The zero-order valence-electron chi connectivity index (χ0n) is 7.28. The number of rotatable bonds is 3. The fourth-order valence-electron chi connectivity index (χ4n) is 0.803. The van der Waals surface area contributed by atoms with E-state index in [2.05, 4.69) is 4.98 Å². The molecule has 0 spiro atoms. The van der Waals surface area contributed by atoms with Crippen LogP contribution in [0.3, 0.4) is 0 Å². The summed E-state index contributed by atoms with van der Waals surface area (Å²) in [5.74, 6) is 1.19. The lowest BCUT2D eigenvalue weighted by molar-refractivity contribution is 0.397. The van der Waals surface area contributed by atoms with Gasteiger partial charge in [-0.05, 0) is 6.07 Å². The van der Waals surface area contributed by atoms with E-state index in [9.17, 15) is 0 Å². The van der Waals surface area contributed by atoms with Gasteiger partial charge in [-0.1, -0.05) is 17.8 Å². The number of nitrogens with zero attached hydrogens (tertiary/aromatic N) is 1. The Morgan fingerprint density at radius 1 is 1.69 bits per heavy atom. The Hall–Kier alpha value is -1.23. The van der Waals surface area contributed by atoms with E-state index < -0.39 is 0 Å². The van der Waals surface area contributed by atoms with E-state index in [4.69, 9.17) is 15.9 Å². The Morgan fingerprint density at radius 3 is 3.08 bits per heavy atom. The first-order chi connectivity index (χ1) is 6.22. The molecule has 1 aromatic heterocycles. The van der Waals surface area contributed by atoms with Crippen molar-refractivity contribution >= 4 is 16.9 Å². The van der Waals surface area contributed by atoms with Gasteiger partial charge in [0, 0.05) is 11.8 Å². The number of pyridine rings is 1. The smallest absolute Gasteiger partial charge is 0.213 e. The average Bonchev–Trinajstić information content (AvgIpc) is 2.15. The molecule has 0 aromatic carbocycles. The summed E-state index contributed by atoms with van der Waals surface area (Å²) in [6.07, 6.45) is 0. The van der Waals surface area contributed by atoms with Crippen LogP contribution < -0.4 is 10.5 Å². The molecule has 13 heavy (non-hydrogen) atoms. The summed E-state index contributed by atoms with van der Waals surface area (Å²) >= 11 is 1.25. The van der Waals surface area contributed by atoms with E-state index in [1.54, 1.807) is 13.2 Å². The van der Waals surface area contributed by atoms with Crippen LogP contribution in [0.4, 0.5) is 0 Å². The normalized spacial score (nSPS) is 9.62. The predicted molar refractivity (Wildman–Crippen MR) is 54.0 cm³/mol. The number of thioether (sulfide) groups is 1.